The van der Waals surface area contributed by atoms with Crippen molar-refractivity contribution in [3.05, 3.63) is 28.4 Å². The summed E-state index contributed by atoms with van der Waals surface area (Å²) in [5, 5.41) is 21.2. The van der Waals surface area contributed by atoms with E-state index in [1.807, 2.05) is 0 Å². The van der Waals surface area contributed by atoms with E-state index in [9.17, 15) is 10.1 Å². The number of aliphatic hydroxyl groups is 1. The van der Waals surface area contributed by atoms with Gasteiger partial charge in [-0.3, -0.25) is 0 Å². The quantitative estimate of drug-likeness (QED) is 0.452. The van der Waals surface area contributed by atoms with Crippen LogP contribution in [0.2, 0.25) is 0 Å². The summed E-state index contributed by atoms with van der Waals surface area (Å²) in [6, 6.07) is 0. The van der Waals surface area contributed by atoms with Crippen molar-refractivity contribution >= 4 is 11.5 Å². The molecule has 0 aromatic carbocycles. The van der Waals surface area contributed by atoms with Gasteiger partial charge < -0.3 is 20.1 Å². The molecule has 10 nitrogen and oxygen atoms in total. The Bertz CT molecular complexity index is 484. The monoisotopic (exact) mass is 256 g/mol. The van der Waals surface area contributed by atoms with E-state index in [2.05, 4.69) is 16.0 Å². The summed E-state index contributed by atoms with van der Waals surface area (Å²) in [6.45, 7) is -0.161. The van der Waals surface area contributed by atoms with Crippen LogP contribution >= 0.6 is 0 Å². The molecule has 1 aliphatic rings. The van der Waals surface area contributed by atoms with Crippen molar-refractivity contribution in [1.82, 2.24) is 25.7 Å². The van der Waals surface area contributed by atoms with Crippen LogP contribution in [-0.4, -0.2) is 38.4 Å². The van der Waals surface area contributed by atoms with Gasteiger partial charge in [-0.25, -0.2) is 15.0 Å². The lowest BCUT2D eigenvalue weighted by atomic mass is 10.4. The van der Waals surface area contributed by atoms with Gasteiger partial charge in [0.05, 0.1) is 6.61 Å². The zero-order chi connectivity index (χ0) is 13.1. The molecule has 0 unspecified atom stereocenters. The Balaban J connectivity index is 2.41. The second-order valence-corrected chi connectivity index (χ2v) is 3.34. The van der Waals surface area contributed by atoms with Crippen LogP contribution in [0.4, 0.5) is 5.82 Å². The third-order valence-corrected chi connectivity index (χ3v) is 2.35. The molecule has 0 bridgehead atoms. The number of rotatable bonds is 5. The fraction of sp³-hybridized carbons (Fsp3) is 0.375. The van der Waals surface area contributed by atoms with Crippen LogP contribution in [0.3, 0.4) is 0 Å². The van der Waals surface area contributed by atoms with Crippen molar-refractivity contribution in [2.24, 2.45) is 0 Å². The fourth-order valence-electron chi connectivity index (χ4n) is 1.59. The zero-order valence-corrected chi connectivity index (χ0v) is 9.53. The van der Waals surface area contributed by atoms with E-state index in [1.165, 1.54) is 15.9 Å². The van der Waals surface area contributed by atoms with E-state index in [1.54, 1.807) is 7.05 Å². The number of nitrogens with one attached hydrogen (secondary N) is 2. The van der Waals surface area contributed by atoms with Crippen molar-refractivity contribution in [3.63, 3.8) is 0 Å². The summed E-state index contributed by atoms with van der Waals surface area (Å²) < 4.78 is 1.30. The molecule has 98 valence electrons. The molecule has 0 amide bonds. The van der Waals surface area contributed by atoms with Crippen LogP contribution in [0.1, 0.15) is 5.82 Å². The van der Waals surface area contributed by atoms with Gasteiger partial charge in [0.15, 0.2) is 5.70 Å². The van der Waals surface area contributed by atoms with Crippen molar-refractivity contribution in [1.29, 1.82) is 0 Å². The largest absolute Gasteiger partial charge is 0.393 e. The Morgan fingerprint density at radius 1 is 1.72 bits per heavy atom. The van der Waals surface area contributed by atoms with Crippen molar-refractivity contribution in [2.75, 3.05) is 13.7 Å². The molecule has 0 saturated heterocycles. The van der Waals surface area contributed by atoms with Crippen molar-refractivity contribution < 1.29 is 14.9 Å². The fourth-order valence-corrected chi connectivity index (χ4v) is 1.59. The van der Waals surface area contributed by atoms with E-state index in [4.69, 9.17) is 9.94 Å². The number of nitro groups is 1. The Morgan fingerprint density at radius 2 is 2.50 bits per heavy atom. The number of hydrogen-bond acceptors (Lipinski definition) is 8. The van der Waals surface area contributed by atoms with Crippen LogP contribution in [0.25, 0.3) is 5.70 Å². The molecule has 1 aromatic rings. The van der Waals surface area contributed by atoms with Crippen molar-refractivity contribution in [3.8, 4) is 0 Å². The second-order valence-electron chi connectivity index (χ2n) is 3.34. The molecule has 0 fully saturated rings. The number of imidazole rings is 1. The van der Waals surface area contributed by atoms with Gasteiger partial charge in [-0.1, -0.05) is 5.59 Å². The van der Waals surface area contributed by atoms with E-state index >= 15 is 0 Å². The number of aromatic nitrogens is 2. The lowest BCUT2D eigenvalue weighted by molar-refractivity contribution is -0.392. The van der Waals surface area contributed by atoms with E-state index in [0.717, 1.165) is 6.20 Å². The molecule has 0 radical (unpaired) electrons. The predicted octanol–water partition coefficient (Wildman–Crippen LogP) is -1.03. The minimum absolute atomic E-state index is 0.0700. The molecule has 1 aliphatic heterocycles. The van der Waals surface area contributed by atoms with Gasteiger partial charge >= 0.3 is 5.82 Å². The van der Waals surface area contributed by atoms with Crippen LogP contribution < -0.4 is 11.0 Å². The Labute approximate surface area is 102 Å². The molecule has 10 heteroatoms. The maximum Gasteiger partial charge on any atom is 0.343 e. The highest BCUT2D eigenvalue weighted by Gasteiger charge is 2.29. The summed E-state index contributed by atoms with van der Waals surface area (Å²) in [7, 11) is 1.64. The van der Waals surface area contributed by atoms with Crippen molar-refractivity contribution in [2.45, 2.75) is 6.54 Å². The lowest BCUT2D eigenvalue weighted by Crippen LogP contribution is -2.40. The normalized spacial score (nSPS) is 14.6. The predicted molar refractivity (Wildman–Crippen MR) is 59.1 cm³/mol. The first kappa shape index (κ1) is 12.3. The molecular formula is C8H12N6O4. The van der Waals surface area contributed by atoms with Gasteiger partial charge in [-0.05, 0) is 4.92 Å². The number of nitrogens with zero attached hydrogens (tertiary/aromatic N) is 4. The first-order chi connectivity index (χ1) is 8.69. The molecule has 18 heavy (non-hydrogen) atoms. The summed E-state index contributed by atoms with van der Waals surface area (Å²) >= 11 is 0. The van der Waals surface area contributed by atoms with Crippen LogP contribution in [-0.2, 0) is 11.4 Å². The molecule has 0 saturated carbocycles. The first-order valence-corrected chi connectivity index (χ1v) is 5.09. The summed E-state index contributed by atoms with van der Waals surface area (Å²) in [6.07, 6.45) is 2.49. The lowest BCUT2D eigenvalue weighted by Gasteiger charge is -2.15. The van der Waals surface area contributed by atoms with Gasteiger partial charge in [0.1, 0.15) is 19.0 Å². The van der Waals surface area contributed by atoms with E-state index < -0.39 is 4.92 Å². The molecular weight excluding hydrogens is 244 g/mol. The standard InChI is InChI=1S/C8H12N6O4/c1-9-13-6(5-18-11-13)8-10-4-7(14(16)17)12(8)2-3-15/h4-5,9,11,15H,2-3H2,1H3. The Kier molecular flexibility index (Phi) is 3.41. The minimum atomic E-state index is -0.556. The van der Waals surface area contributed by atoms with Crippen LogP contribution in [0.5, 0.6) is 0 Å². The molecule has 0 spiro atoms. The number of hydrogen-bond donors (Lipinski definition) is 3. The van der Waals surface area contributed by atoms with Gasteiger partial charge in [0.2, 0.25) is 0 Å². The van der Waals surface area contributed by atoms with Gasteiger partial charge in [0, 0.05) is 7.05 Å². The van der Waals surface area contributed by atoms with E-state index in [-0.39, 0.29) is 19.0 Å². The topological polar surface area (TPSA) is 118 Å². The maximum absolute atomic E-state index is 10.8. The molecule has 1 aromatic heterocycles. The average Bonchev–Trinajstić information content (AvgIpc) is 2.94. The van der Waals surface area contributed by atoms with Gasteiger partial charge in [-0.15, -0.1) is 0 Å². The summed E-state index contributed by atoms with van der Waals surface area (Å²) in [5.41, 5.74) is 5.74. The third-order valence-electron chi connectivity index (χ3n) is 2.35. The van der Waals surface area contributed by atoms with Crippen LogP contribution in [0.15, 0.2) is 12.5 Å². The van der Waals surface area contributed by atoms with Gasteiger partial charge in [-0.2, -0.15) is 5.12 Å². The molecule has 3 N–H and O–H groups in total. The third kappa shape index (κ3) is 1.99. The molecule has 2 heterocycles. The second kappa shape index (κ2) is 5.00. The minimum Gasteiger partial charge on any atom is -0.393 e. The Morgan fingerprint density at radius 3 is 3.11 bits per heavy atom. The highest BCUT2D eigenvalue weighted by atomic mass is 16.7. The SMILES string of the molecule is CNN1NOC=C1c1ncc([N+](=O)[O-])n1CCO. The number of aliphatic hydroxyl groups excluding tert-OH is 1. The van der Waals surface area contributed by atoms with Gasteiger partial charge in [0.25, 0.3) is 5.82 Å². The highest BCUT2D eigenvalue weighted by molar-refractivity contribution is 5.58. The smallest absolute Gasteiger partial charge is 0.343 e. The maximum atomic E-state index is 10.8. The highest BCUT2D eigenvalue weighted by Crippen LogP contribution is 2.23. The average molecular weight is 256 g/mol. The Hall–Kier alpha value is -2.17. The molecule has 0 atom stereocenters. The van der Waals surface area contributed by atoms with E-state index in [0.29, 0.717) is 11.5 Å². The van der Waals surface area contributed by atoms with Crippen LogP contribution in [0, 0.1) is 10.1 Å². The summed E-state index contributed by atoms with van der Waals surface area (Å²) in [4.78, 5) is 19.1. The number of hydrazine groups is 2. The molecule has 0 aliphatic carbocycles. The molecule has 2 rings (SSSR count). The zero-order valence-electron chi connectivity index (χ0n) is 9.53. The first-order valence-electron chi connectivity index (χ1n) is 5.09. The summed E-state index contributed by atoms with van der Waals surface area (Å²) in [5.74, 6) is 0.123.